The highest BCUT2D eigenvalue weighted by Gasteiger charge is 2.20. The van der Waals surface area contributed by atoms with Gasteiger partial charge >= 0.3 is 0 Å². The summed E-state index contributed by atoms with van der Waals surface area (Å²) in [5.41, 5.74) is 7.74. The molecule has 2 rings (SSSR count). The molecule has 0 saturated carbocycles. The first-order chi connectivity index (χ1) is 9.15. The lowest BCUT2D eigenvalue weighted by Crippen LogP contribution is -2.21. The molecule has 0 spiro atoms. The first-order valence-corrected chi connectivity index (χ1v) is 6.98. The fraction of sp³-hybridized carbons (Fsp3) is 0.357. The van der Waals surface area contributed by atoms with Gasteiger partial charge in [0.25, 0.3) is 0 Å². The molecule has 0 aliphatic heterocycles. The van der Waals surface area contributed by atoms with E-state index in [1.807, 2.05) is 37.7 Å². The van der Waals surface area contributed by atoms with Crippen LogP contribution in [0.15, 0.2) is 29.6 Å². The normalized spacial score (nSPS) is 12.7. The summed E-state index contributed by atoms with van der Waals surface area (Å²) in [6.45, 7) is 0.481. The molecule has 0 fully saturated rings. The van der Waals surface area contributed by atoms with Crippen LogP contribution in [0.4, 0.5) is 0 Å². The van der Waals surface area contributed by atoms with Crippen molar-refractivity contribution in [1.82, 2.24) is 9.88 Å². The van der Waals surface area contributed by atoms with E-state index in [-0.39, 0.29) is 6.04 Å². The lowest BCUT2D eigenvalue weighted by atomic mass is 10.1. The molecular formula is C14H19N3OS. The van der Waals surface area contributed by atoms with E-state index >= 15 is 0 Å². The molecule has 1 atom stereocenters. The van der Waals surface area contributed by atoms with Crippen molar-refractivity contribution in [2.75, 3.05) is 21.2 Å². The number of hydrogen-bond acceptors (Lipinski definition) is 5. The van der Waals surface area contributed by atoms with Crippen molar-refractivity contribution < 1.29 is 4.74 Å². The predicted octanol–water partition coefficient (Wildman–Crippen LogP) is 2.26. The molecule has 0 bridgehead atoms. The molecular weight excluding hydrogens is 258 g/mol. The van der Waals surface area contributed by atoms with Gasteiger partial charge in [-0.25, -0.2) is 4.98 Å². The van der Waals surface area contributed by atoms with E-state index < -0.39 is 0 Å². The Morgan fingerprint density at radius 2 is 2.21 bits per heavy atom. The Morgan fingerprint density at radius 1 is 1.42 bits per heavy atom. The van der Waals surface area contributed by atoms with Gasteiger partial charge in [0.1, 0.15) is 10.8 Å². The molecule has 0 aliphatic carbocycles. The second kappa shape index (κ2) is 6.14. The van der Waals surface area contributed by atoms with E-state index in [0.717, 1.165) is 16.5 Å². The number of nitrogens with two attached hydrogens (primary N) is 1. The van der Waals surface area contributed by atoms with Crippen LogP contribution in [-0.2, 0) is 6.54 Å². The number of rotatable bonds is 5. The number of aromatic nitrogens is 1. The molecule has 19 heavy (non-hydrogen) atoms. The fourth-order valence-electron chi connectivity index (χ4n) is 2.02. The second-order valence-electron chi connectivity index (χ2n) is 4.52. The van der Waals surface area contributed by atoms with E-state index in [4.69, 9.17) is 10.5 Å². The predicted molar refractivity (Wildman–Crippen MR) is 78.5 cm³/mol. The van der Waals surface area contributed by atoms with Crippen LogP contribution in [0, 0.1) is 0 Å². The highest BCUT2D eigenvalue weighted by atomic mass is 32.1. The van der Waals surface area contributed by atoms with Crippen LogP contribution < -0.4 is 10.5 Å². The van der Waals surface area contributed by atoms with E-state index in [2.05, 4.69) is 16.0 Å². The molecule has 1 aromatic carbocycles. The third-order valence-corrected chi connectivity index (χ3v) is 3.88. The molecule has 5 heteroatoms. The Balaban J connectivity index is 2.39. The molecule has 2 N–H and O–H groups in total. The highest BCUT2D eigenvalue weighted by Crippen LogP contribution is 2.30. The van der Waals surface area contributed by atoms with Gasteiger partial charge in [0.05, 0.1) is 18.8 Å². The van der Waals surface area contributed by atoms with Crippen molar-refractivity contribution in [2.45, 2.75) is 12.6 Å². The monoisotopic (exact) mass is 277 g/mol. The molecule has 0 radical (unpaired) electrons. The van der Waals surface area contributed by atoms with Gasteiger partial charge in [-0.2, -0.15) is 0 Å². The molecule has 4 nitrogen and oxygen atoms in total. The van der Waals surface area contributed by atoms with Gasteiger partial charge < -0.3 is 10.5 Å². The lowest BCUT2D eigenvalue weighted by molar-refractivity contribution is 0.339. The van der Waals surface area contributed by atoms with Crippen molar-refractivity contribution in [2.24, 2.45) is 5.73 Å². The van der Waals surface area contributed by atoms with Crippen LogP contribution >= 0.6 is 11.3 Å². The molecule has 0 saturated heterocycles. The summed E-state index contributed by atoms with van der Waals surface area (Å²) < 4.78 is 5.29. The maximum Gasteiger partial charge on any atom is 0.119 e. The Morgan fingerprint density at radius 3 is 2.79 bits per heavy atom. The standard InChI is InChI=1S/C14H19N3OS/c1-17(2)13(14-16-11(8-15)9-19-14)10-5-4-6-12(7-10)18-3/h4-7,9,13H,8,15H2,1-3H3. The molecule has 1 aromatic heterocycles. The largest absolute Gasteiger partial charge is 0.497 e. The third kappa shape index (κ3) is 3.12. The number of thiazole rings is 1. The maximum absolute atomic E-state index is 5.63. The second-order valence-corrected chi connectivity index (χ2v) is 5.41. The first kappa shape index (κ1) is 14.0. The summed E-state index contributed by atoms with van der Waals surface area (Å²) in [5.74, 6) is 0.861. The average Bonchev–Trinajstić information content (AvgIpc) is 2.87. The minimum Gasteiger partial charge on any atom is -0.497 e. The molecule has 0 amide bonds. The van der Waals surface area contributed by atoms with Crippen molar-refractivity contribution in [1.29, 1.82) is 0 Å². The first-order valence-electron chi connectivity index (χ1n) is 6.10. The third-order valence-electron chi connectivity index (χ3n) is 2.94. The maximum atomic E-state index is 5.63. The van der Waals surface area contributed by atoms with E-state index in [9.17, 15) is 0 Å². The van der Waals surface area contributed by atoms with Gasteiger partial charge in [-0.1, -0.05) is 12.1 Å². The SMILES string of the molecule is COc1cccc(C(c2nc(CN)cs2)N(C)C)c1. The zero-order chi connectivity index (χ0) is 13.8. The van der Waals surface area contributed by atoms with Crippen molar-refractivity contribution in [3.05, 3.63) is 45.9 Å². The number of hydrogen-bond donors (Lipinski definition) is 1. The van der Waals surface area contributed by atoms with Crippen LogP contribution in [0.25, 0.3) is 0 Å². The molecule has 1 heterocycles. The Bertz CT molecular complexity index is 539. The summed E-state index contributed by atoms with van der Waals surface area (Å²) >= 11 is 1.65. The van der Waals surface area contributed by atoms with Crippen molar-refractivity contribution in [3.8, 4) is 5.75 Å². The number of ether oxygens (including phenoxy) is 1. The zero-order valence-corrected chi connectivity index (χ0v) is 12.3. The molecule has 1 unspecified atom stereocenters. The Kier molecular flexibility index (Phi) is 4.52. The molecule has 2 aromatic rings. The van der Waals surface area contributed by atoms with Gasteiger partial charge in [0.15, 0.2) is 0 Å². The van der Waals surface area contributed by atoms with Crippen LogP contribution in [0.2, 0.25) is 0 Å². The topological polar surface area (TPSA) is 51.4 Å². The Hall–Kier alpha value is -1.43. The summed E-state index contributed by atoms with van der Waals surface area (Å²) in [6.07, 6.45) is 0. The molecule has 0 aliphatic rings. The van der Waals surface area contributed by atoms with Crippen molar-refractivity contribution in [3.63, 3.8) is 0 Å². The van der Waals surface area contributed by atoms with Crippen molar-refractivity contribution >= 4 is 11.3 Å². The summed E-state index contributed by atoms with van der Waals surface area (Å²) in [7, 11) is 5.78. The minimum absolute atomic E-state index is 0.125. The average molecular weight is 277 g/mol. The smallest absolute Gasteiger partial charge is 0.119 e. The van der Waals surface area contributed by atoms with Crippen LogP contribution in [-0.4, -0.2) is 31.1 Å². The summed E-state index contributed by atoms with van der Waals surface area (Å²) in [4.78, 5) is 6.74. The Labute approximate surface area is 117 Å². The molecule has 102 valence electrons. The van der Waals surface area contributed by atoms with Gasteiger partial charge in [-0.05, 0) is 31.8 Å². The summed E-state index contributed by atoms with van der Waals surface area (Å²) in [6, 6.07) is 8.22. The van der Waals surface area contributed by atoms with Gasteiger partial charge in [-0.3, -0.25) is 4.90 Å². The quantitative estimate of drug-likeness (QED) is 0.911. The van der Waals surface area contributed by atoms with Crippen LogP contribution in [0.1, 0.15) is 22.3 Å². The van der Waals surface area contributed by atoms with Gasteiger partial charge in [0.2, 0.25) is 0 Å². The zero-order valence-electron chi connectivity index (χ0n) is 11.5. The van der Waals surface area contributed by atoms with Gasteiger partial charge in [0, 0.05) is 11.9 Å². The number of nitrogens with zero attached hydrogens (tertiary/aromatic N) is 2. The minimum atomic E-state index is 0.125. The van der Waals surface area contributed by atoms with E-state index in [0.29, 0.717) is 6.54 Å². The fourth-order valence-corrected chi connectivity index (χ4v) is 3.07. The van der Waals surface area contributed by atoms with Crippen LogP contribution in [0.5, 0.6) is 5.75 Å². The lowest BCUT2D eigenvalue weighted by Gasteiger charge is -2.23. The summed E-state index contributed by atoms with van der Waals surface area (Å²) in [5, 5.41) is 3.07. The van der Waals surface area contributed by atoms with Crippen LogP contribution in [0.3, 0.4) is 0 Å². The van der Waals surface area contributed by atoms with Gasteiger partial charge in [-0.15, -0.1) is 11.3 Å². The van der Waals surface area contributed by atoms with E-state index in [1.54, 1.807) is 18.4 Å². The number of benzene rings is 1. The van der Waals surface area contributed by atoms with E-state index in [1.165, 1.54) is 5.56 Å². The highest BCUT2D eigenvalue weighted by molar-refractivity contribution is 7.09. The number of methoxy groups -OCH3 is 1.